The van der Waals surface area contributed by atoms with E-state index in [-0.39, 0.29) is 10.4 Å². The summed E-state index contributed by atoms with van der Waals surface area (Å²) in [7, 11) is -0.320. The van der Waals surface area contributed by atoms with Crippen LogP contribution in [0.1, 0.15) is 25.0 Å². The first-order valence-electron chi connectivity index (χ1n) is 12.0. The van der Waals surface area contributed by atoms with Crippen molar-refractivity contribution in [2.75, 3.05) is 43.5 Å². The number of anilines is 2. The summed E-state index contributed by atoms with van der Waals surface area (Å²) in [5, 5.41) is 0. The lowest BCUT2D eigenvalue weighted by Gasteiger charge is -2.48. The molecule has 3 aromatic carbocycles. The fraction of sp³-hybridized carbons (Fsp3) is 0.357. The molecule has 3 aromatic rings. The minimum atomic E-state index is -3.62. The van der Waals surface area contributed by atoms with Crippen molar-refractivity contribution in [3.63, 3.8) is 0 Å². The van der Waals surface area contributed by atoms with E-state index in [1.54, 1.807) is 38.5 Å². The predicted molar refractivity (Wildman–Crippen MR) is 145 cm³/mol. The highest BCUT2D eigenvalue weighted by Gasteiger charge is 2.34. The lowest BCUT2D eigenvalue weighted by atomic mass is 9.97. The summed E-state index contributed by atoms with van der Waals surface area (Å²) >= 11 is 0. The number of methoxy groups -OCH3 is 2. The molecule has 1 N–H and O–H groups in total. The van der Waals surface area contributed by atoms with Gasteiger partial charge in [-0.15, -0.1) is 0 Å². The standard InChI is InChI=1S/C28H35N3O4S/c1-21-6-13-25(14-7-21)36(32,33)29-23-9-11-24(12-10-23)30-16-17-31(28(2,3)20-30)19-22-8-15-26(34-4)27(18-22)35-5/h6-15,18,29H,16-17,19-20H2,1-5H3. The van der Waals surface area contributed by atoms with Crippen molar-refractivity contribution in [2.24, 2.45) is 0 Å². The van der Waals surface area contributed by atoms with Crippen molar-refractivity contribution in [1.82, 2.24) is 4.90 Å². The maximum atomic E-state index is 12.7. The molecule has 0 aliphatic carbocycles. The number of sulfonamides is 1. The Bertz CT molecular complexity index is 1290. The fourth-order valence-electron chi connectivity index (χ4n) is 4.57. The van der Waals surface area contributed by atoms with E-state index in [2.05, 4.69) is 34.4 Å². The van der Waals surface area contributed by atoms with Gasteiger partial charge in [-0.25, -0.2) is 8.42 Å². The molecule has 0 bridgehead atoms. The molecule has 8 heteroatoms. The summed E-state index contributed by atoms with van der Waals surface area (Å²) in [6, 6.07) is 20.5. The number of nitrogens with zero attached hydrogens (tertiary/aromatic N) is 2. The molecule has 1 fully saturated rings. The summed E-state index contributed by atoms with van der Waals surface area (Å²) in [4.78, 5) is 5.09. The van der Waals surface area contributed by atoms with Crippen molar-refractivity contribution < 1.29 is 17.9 Å². The molecule has 0 aromatic heterocycles. The number of ether oxygens (including phenoxy) is 2. The highest BCUT2D eigenvalue weighted by atomic mass is 32.2. The molecule has 7 nitrogen and oxygen atoms in total. The summed E-state index contributed by atoms with van der Waals surface area (Å²) < 4.78 is 38.9. The van der Waals surface area contributed by atoms with Crippen LogP contribution in [-0.2, 0) is 16.6 Å². The van der Waals surface area contributed by atoms with Crippen LogP contribution in [0, 0.1) is 6.92 Å². The Balaban J connectivity index is 1.41. The van der Waals surface area contributed by atoms with Gasteiger partial charge in [0, 0.05) is 43.1 Å². The zero-order valence-electron chi connectivity index (χ0n) is 21.6. The van der Waals surface area contributed by atoms with Crippen molar-refractivity contribution in [1.29, 1.82) is 0 Å². The quantitative estimate of drug-likeness (QED) is 0.465. The highest BCUT2D eigenvalue weighted by Crippen LogP contribution is 2.31. The summed E-state index contributed by atoms with van der Waals surface area (Å²) in [5.74, 6) is 1.47. The van der Waals surface area contributed by atoms with Gasteiger partial charge in [-0.3, -0.25) is 9.62 Å². The Morgan fingerprint density at radius 3 is 2.17 bits per heavy atom. The normalized spacial score (nSPS) is 16.0. The van der Waals surface area contributed by atoms with E-state index in [0.29, 0.717) is 5.69 Å². The van der Waals surface area contributed by atoms with E-state index in [4.69, 9.17) is 9.47 Å². The van der Waals surface area contributed by atoms with Crippen LogP contribution in [0.2, 0.25) is 0 Å². The third-order valence-corrected chi connectivity index (χ3v) is 8.11. The number of nitrogens with one attached hydrogen (secondary N) is 1. The molecule has 0 atom stereocenters. The molecule has 1 heterocycles. The molecule has 4 rings (SSSR count). The Morgan fingerprint density at radius 2 is 1.56 bits per heavy atom. The van der Waals surface area contributed by atoms with Crippen LogP contribution in [-0.4, -0.2) is 52.7 Å². The summed E-state index contributed by atoms with van der Waals surface area (Å²) in [5.41, 5.74) is 3.76. The van der Waals surface area contributed by atoms with Gasteiger partial charge >= 0.3 is 0 Å². The number of aryl methyl sites for hydroxylation is 1. The van der Waals surface area contributed by atoms with Crippen molar-refractivity contribution >= 4 is 21.4 Å². The smallest absolute Gasteiger partial charge is 0.261 e. The van der Waals surface area contributed by atoms with Crippen LogP contribution in [0.3, 0.4) is 0 Å². The number of benzene rings is 3. The van der Waals surface area contributed by atoms with Crippen LogP contribution in [0.5, 0.6) is 11.5 Å². The van der Waals surface area contributed by atoms with Crippen molar-refractivity contribution in [3.8, 4) is 11.5 Å². The first-order valence-corrected chi connectivity index (χ1v) is 13.5. The SMILES string of the molecule is COc1ccc(CN2CCN(c3ccc(NS(=O)(=O)c4ccc(C)cc4)cc3)CC2(C)C)cc1OC. The summed E-state index contributed by atoms with van der Waals surface area (Å²) in [6.07, 6.45) is 0. The Kier molecular flexibility index (Phi) is 7.47. The fourth-order valence-corrected chi connectivity index (χ4v) is 5.63. The average Bonchev–Trinajstić information content (AvgIpc) is 2.85. The van der Waals surface area contributed by atoms with Gasteiger partial charge in [-0.1, -0.05) is 23.8 Å². The monoisotopic (exact) mass is 509 g/mol. The number of hydrogen-bond donors (Lipinski definition) is 1. The zero-order valence-corrected chi connectivity index (χ0v) is 22.4. The second-order valence-electron chi connectivity index (χ2n) is 9.81. The molecule has 1 aliphatic heterocycles. The lowest BCUT2D eigenvalue weighted by molar-refractivity contribution is 0.0962. The van der Waals surface area contributed by atoms with Gasteiger partial charge in [0.15, 0.2) is 11.5 Å². The van der Waals surface area contributed by atoms with Gasteiger partial charge in [0.2, 0.25) is 0 Å². The lowest BCUT2D eigenvalue weighted by Crippen LogP contribution is -2.58. The molecule has 0 saturated carbocycles. The van der Waals surface area contributed by atoms with Gasteiger partial charge in [-0.05, 0) is 74.9 Å². The van der Waals surface area contributed by atoms with Gasteiger partial charge in [-0.2, -0.15) is 0 Å². The molecule has 0 spiro atoms. The second-order valence-corrected chi connectivity index (χ2v) is 11.5. The molecular weight excluding hydrogens is 474 g/mol. The predicted octanol–water partition coefficient (Wildman–Crippen LogP) is 4.91. The van der Waals surface area contributed by atoms with Crippen LogP contribution >= 0.6 is 0 Å². The number of piperazine rings is 1. The zero-order chi connectivity index (χ0) is 25.9. The van der Waals surface area contributed by atoms with E-state index in [9.17, 15) is 8.42 Å². The third-order valence-electron chi connectivity index (χ3n) is 6.71. The largest absolute Gasteiger partial charge is 0.493 e. The first-order chi connectivity index (χ1) is 17.1. The number of rotatable bonds is 8. The maximum absolute atomic E-state index is 12.7. The van der Waals surface area contributed by atoms with Crippen LogP contribution in [0.25, 0.3) is 0 Å². The second kappa shape index (κ2) is 10.4. The molecule has 0 amide bonds. The highest BCUT2D eigenvalue weighted by molar-refractivity contribution is 7.92. The van der Waals surface area contributed by atoms with Gasteiger partial charge in [0.1, 0.15) is 0 Å². The van der Waals surface area contributed by atoms with E-state index in [0.717, 1.165) is 48.9 Å². The van der Waals surface area contributed by atoms with Gasteiger partial charge in [0.05, 0.1) is 19.1 Å². The maximum Gasteiger partial charge on any atom is 0.261 e. The van der Waals surface area contributed by atoms with Crippen LogP contribution in [0.15, 0.2) is 71.6 Å². The summed E-state index contributed by atoms with van der Waals surface area (Å²) in [6.45, 7) is 9.90. The van der Waals surface area contributed by atoms with Crippen molar-refractivity contribution in [3.05, 3.63) is 77.9 Å². The molecule has 1 saturated heterocycles. The minimum absolute atomic E-state index is 0.0584. The van der Waals surface area contributed by atoms with E-state index < -0.39 is 10.0 Å². The molecule has 192 valence electrons. The average molecular weight is 510 g/mol. The van der Waals surface area contributed by atoms with Gasteiger partial charge < -0.3 is 14.4 Å². The van der Waals surface area contributed by atoms with E-state index in [1.807, 2.05) is 43.3 Å². The Morgan fingerprint density at radius 1 is 0.889 bits per heavy atom. The minimum Gasteiger partial charge on any atom is -0.493 e. The number of hydrogen-bond acceptors (Lipinski definition) is 6. The molecule has 1 aliphatic rings. The molecule has 0 radical (unpaired) electrons. The first kappa shape index (κ1) is 25.9. The molecular formula is C28H35N3O4S. The Hall–Kier alpha value is -3.23. The van der Waals surface area contributed by atoms with Crippen LogP contribution in [0.4, 0.5) is 11.4 Å². The van der Waals surface area contributed by atoms with Crippen LogP contribution < -0.4 is 19.1 Å². The van der Waals surface area contributed by atoms with E-state index in [1.165, 1.54) is 5.56 Å². The molecule has 0 unspecified atom stereocenters. The van der Waals surface area contributed by atoms with E-state index >= 15 is 0 Å². The third kappa shape index (κ3) is 5.77. The van der Waals surface area contributed by atoms with Gasteiger partial charge in [0.25, 0.3) is 10.0 Å². The Labute approximate surface area is 214 Å². The topological polar surface area (TPSA) is 71.1 Å². The molecule has 36 heavy (non-hydrogen) atoms. The van der Waals surface area contributed by atoms with Crippen molar-refractivity contribution in [2.45, 2.75) is 37.8 Å².